The number of aliphatic hydroxyl groups is 11. The molecule has 0 aromatic carbocycles. The highest BCUT2D eigenvalue weighted by Crippen LogP contribution is 2.30. The van der Waals surface area contributed by atoms with E-state index < -0.39 is 112 Å². The average molecular weight is 520 g/mol. The number of hydrogen-bond donors (Lipinski definition) is 12. The largest absolute Gasteiger partial charge is 0.479 e. The molecule has 0 unspecified atom stereocenters. The first-order valence-corrected chi connectivity index (χ1v) is 10.5. The number of carbonyl (C=O) groups is 1. The van der Waals surface area contributed by atoms with Gasteiger partial charge in [-0.15, -0.1) is 0 Å². The molecule has 0 aromatic rings. The maximum Gasteiger partial charge on any atom is 0.335 e. The molecular formula is C18H32O17. The average Bonchev–Trinajstić information content (AvgIpc) is 2.84. The van der Waals surface area contributed by atoms with Crippen molar-refractivity contribution in [1.82, 2.24) is 0 Å². The van der Waals surface area contributed by atoms with Gasteiger partial charge in [0.1, 0.15) is 67.1 Å². The Hall–Kier alpha value is -1.13. The Balaban J connectivity index is 2.19. The summed E-state index contributed by atoms with van der Waals surface area (Å²) in [5.41, 5.74) is 0. The zero-order valence-electron chi connectivity index (χ0n) is 18.1. The highest BCUT2D eigenvalue weighted by atomic mass is 16.7. The topological polar surface area (TPSA) is 297 Å². The lowest BCUT2D eigenvalue weighted by Crippen LogP contribution is -2.65. The van der Waals surface area contributed by atoms with Crippen LogP contribution in [0, 0.1) is 0 Å². The smallest absolute Gasteiger partial charge is 0.335 e. The van der Waals surface area contributed by atoms with E-state index in [-0.39, 0.29) is 0 Å². The first-order valence-electron chi connectivity index (χ1n) is 10.5. The summed E-state index contributed by atoms with van der Waals surface area (Å²) in [5, 5.41) is 117. The monoisotopic (exact) mass is 520 g/mol. The zero-order valence-corrected chi connectivity index (χ0v) is 18.1. The summed E-state index contributed by atoms with van der Waals surface area (Å²) in [7, 11) is 0. The summed E-state index contributed by atoms with van der Waals surface area (Å²) >= 11 is 0. The Morgan fingerprint density at radius 1 is 0.771 bits per heavy atom. The van der Waals surface area contributed by atoms with Crippen LogP contribution in [0.2, 0.25) is 0 Å². The number of aliphatic carboxylic acids is 1. The minimum absolute atomic E-state index is 0.782. The molecule has 0 amide bonds. The molecule has 2 aliphatic heterocycles. The third-order valence-electron chi connectivity index (χ3n) is 5.73. The van der Waals surface area contributed by atoms with Gasteiger partial charge in [-0.2, -0.15) is 0 Å². The molecule has 12 N–H and O–H groups in total. The molecule has 2 fully saturated rings. The minimum Gasteiger partial charge on any atom is -0.479 e. The van der Waals surface area contributed by atoms with Crippen LogP contribution < -0.4 is 0 Å². The molecule has 2 heterocycles. The molecule has 0 saturated carbocycles. The number of ether oxygens (including phenoxy) is 4. The van der Waals surface area contributed by atoms with Crippen LogP contribution >= 0.6 is 0 Å². The molecule has 0 aliphatic carbocycles. The molecule has 17 heteroatoms. The molecule has 14 atom stereocenters. The molecule has 17 nitrogen and oxygen atoms in total. The molecule has 0 aromatic heterocycles. The second-order valence-corrected chi connectivity index (χ2v) is 8.13. The predicted octanol–water partition coefficient (Wildman–Crippen LogP) is -7.84. The first-order chi connectivity index (χ1) is 16.4. The fourth-order valence-electron chi connectivity index (χ4n) is 3.65. The Kier molecular flexibility index (Phi) is 11.1. The van der Waals surface area contributed by atoms with Crippen molar-refractivity contribution in [3.05, 3.63) is 0 Å². The highest BCUT2D eigenvalue weighted by Gasteiger charge is 2.52. The number of rotatable bonds is 11. The third kappa shape index (κ3) is 6.60. The maximum atomic E-state index is 10.9. The lowest BCUT2D eigenvalue weighted by Gasteiger charge is -2.46. The van der Waals surface area contributed by atoms with Crippen molar-refractivity contribution in [2.24, 2.45) is 0 Å². The number of carboxylic acid groups (broad SMARTS) is 1. The first kappa shape index (κ1) is 30.1. The van der Waals surface area contributed by atoms with Crippen LogP contribution in [0.1, 0.15) is 0 Å². The maximum absolute atomic E-state index is 10.9. The minimum atomic E-state index is -2.48. The summed E-state index contributed by atoms with van der Waals surface area (Å²) in [5.74, 6) is -1.90. The third-order valence-corrected chi connectivity index (χ3v) is 5.73. The fraction of sp³-hybridized carbons (Fsp3) is 0.944. The molecule has 0 radical (unpaired) electrons. The normalized spacial score (nSPS) is 41.7. The van der Waals surface area contributed by atoms with Gasteiger partial charge in [-0.05, 0) is 0 Å². The Morgan fingerprint density at radius 3 is 1.83 bits per heavy atom. The fourth-order valence-corrected chi connectivity index (χ4v) is 3.65. The molecule has 2 rings (SSSR count). The van der Waals surface area contributed by atoms with Gasteiger partial charge in [-0.3, -0.25) is 0 Å². The van der Waals surface area contributed by atoms with Crippen LogP contribution in [-0.4, -0.2) is 173 Å². The molecule has 0 bridgehead atoms. The predicted molar refractivity (Wildman–Crippen MR) is 104 cm³/mol. The van der Waals surface area contributed by atoms with Crippen LogP contribution in [-0.2, 0) is 23.7 Å². The highest BCUT2D eigenvalue weighted by molar-refractivity contribution is 5.72. The SMILES string of the molecule is O=C(O)[C@H](O)[C@@H](O)[C@H](O[C@@H]1O[C@H](CO)[C@@H](O[C@@H]2O[C@H](CO)[C@@H](O)[C@H](O)[C@H]2O)[C@H](O)[C@H]1O)[C@H](O)CO. The van der Waals surface area contributed by atoms with Crippen molar-refractivity contribution in [1.29, 1.82) is 0 Å². The second-order valence-electron chi connectivity index (χ2n) is 8.13. The Morgan fingerprint density at radius 2 is 1.31 bits per heavy atom. The van der Waals surface area contributed by atoms with Crippen LogP contribution in [0.4, 0.5) is 0 Å². The van der Waals surface area contributed by atoms with Gasteiger partial charge in [0.15, 0.2) is 18.7 Å². The van der Waals surface area contributed by atoms with Gasteiger partial charge in [0.05, 0.1) is 19.8 Å². The second kappa shape index (κ2) is 12.9. The van der Waals surface area contributed by atoms with E-state index in [2.05, 4.69) is 0 Å². The molecule has 2 aliphatic rings. The quantitative estimate of drug-likeness (QED) is 0.120. The molecule has 35 heavy (non-hydrogen) atoms. The van der Waals surface area contributed by atoms with E-state index in [4.69, 9.17) is 24.1 Å². The molecule has 0 spiro atoms. The van der Waals surface area contributed by atoms with Gasteiger partial charge in [-0.25, -0.2) is 4.79 Å². The summed E-state index contributed by atoms with van der Waals surface area (Å²) in [6.07, 6.45) is -26.7. The van der Waals surface area contributed by atoms with E-state index in [0.717, 1.165) is 0 Å². The lowest BCUT2D eigenvalue weighted by atomic mass is 9.96. The summed E-state index contributed by atoms with van der Waals surface area (Å²) in [6, 6.07) is 0. The lowest BCUT2D eigenvalue weighted by molar-refractivity contribution is -0.367. The van der Waals surface area contributed by atoms with E-state index >= 15 is 0 Å². The number of hydrogen-bond acceptors (Lipinski definition) is 16. The standard InChI is InChI=1S/C18H32O17/c19-1-4(22)14(9(25)11(27)16(30)31)34-18-13(29)10(26)15(6(3-21)33-18)35-17-12(28)8(24)7(23)5(2-20)32-17/h4-15,17-29H,1-3H2,(H,30,31)/t4-,5-,6-,7-,8+,9-,10-,11-,12-,13-,14-,15-,17+,18+/m1/s1. The van der Waals surface area contributed by atoms with E-state index in [1.807, 2.05) is 0 Å². The Labute approximate surface area is 197 Å². The van der Waals surface area contributed by atoms with Crippen molar-refractivity contribution >= 4 is 5.97 Å². The van der Waals surface area contributed by atoms with Crippen molar-refractivity contribution in [3.8, 4) is 0 Å². The molecule has 206 valence electrons. The summed E-state index contributed by atoms with van der Waals surface area (Å²) in [6.45, 7) is -2.78. The van der Waals surface area contributed by atoms with Gasteiger partial charge < -0.3 is 80.2 Å². The van der Waals surface area contributed by atoms with Gasteiger partial charge in [0.2, 0.25) is 0 Å². The van der Waals surface area contributed by atoms with E-state index in [1.165, 1.54) is 0 Å². The van der Waals surface area contributed by atoms with E-state index in [0.29, 0.717) is 0 Å². The number of aliphatic hydroxyl groups excluding tert-OH is 11. The van der Waals surface area contributed by atoms with Crippen molar-refractivity contribution in [2.45, 2.75) is 85.8 Å². The van der Waals surface area contributed by atoms with Gasteiger partial charge in [-0.1, -0.05) is 0 Å². The summed E-state index contributed by atoms with van der Waals surface area (Å²) in [4.78, 5) is 10.9. The summed E-state index contributed by atoms with van der Waals surface area (Å²) < 4.78 is 20.9. The molecule has 2 saturated heterocycles. The van der Waals surface area contributed by atoms with Gasteiger partial charge in [0.25, 0.3) is 0 Å². The van der Waals surface area contributed by atoms with Crippen LogP contribution in [0.15, 0.2) is 0 Å². The molecular weight excluding hydrogens is 488 g/mol. The van der Waals surface area contributed by atoms with Crippen molar-refractivity contribution in [3.63, 3.8) is 0 Å². The van der Waals surface area contributed by atoms with Gasteiger partial charge >= 0.3 is 5.97 Å². The van der Waals surface area contributed by atoms with Gasteiger partial charge in [0, 0.05) is 0 Å². The Bertz CT molecular complexity index is 663. The van der Waals surface area contributed by atoms with E-state index in [9.17, 15) is 61.0 Å². The van der Waals surface area contributed by atoms with Crippen molar-refractivity contribution in [2.75, 3.05) is 19.8 Å². The zero-order chi connectivity index (χ0) is 26.6. The van der Waals surface area contributed by atoms with Crippen LogP contribution in [0.5, 0.6) is 0 Å². The number of carboxylic acids is 1. The van der Waals surface area contributed by atoms with E-state index in [1.54, 1.807) is 0 Å². The van der Waals surface area contributed by atoms with Crippen LogP contribution in [0.25, 0.3) is 0 Å². The van der Waals surface area contributed by atoms with Crippen molar-refractivity contribution < 1.29 is 85.0 Å². The van der Waals surface area contributed by atoms with Crippen LogP contribution in [0.3, 0.4) is 0 Å².